The van der Waals surface area contributed by atoms with Gasteiger partial charge in [0.05, 0.1) is 0 Å². The zero-order chi connectivity index (χ0) is 15.1. The van der Waals surface area contributed by atoms with Gasteiger partial charge in [-0.3, -0.25) is 4.79 Å². The molecule has 21 heavy (non-hydrogen) atoms. The van der Waals surface area contributed by atoms with Crippen molar-refractivity contribution in [3.63, 3.8) is 0 Å². The van der Waals surface area contributed by atoms with Crippen LogP contribution >= 0.6 is 0 Å². The number of unbranched alkanes of at least 4 members (excludes halogenated alkanes) is 2. The number of nitrogens with one attached hydrogen (secondary N) is 1. The molecule has 0 unspecified atom stereocenters. The summed E-state index contributed by atoms with van der Waals surface area (Å²) in [5, 5.41) is 10.7. The van der Waals surface area contributed by atoms with E-state index in [0.29, 0.717) is 6.42 Å². The number of carboxylic acids is 1. The van der Waals surface area contributed by atoms with Gasteiger partial charge in [-0.2, -0.15) is 0 Å². The number of rotatable bonds is 4. The number of carboxylic acid groups (broad SMARTS) is 1. The second kappa shape index (κ2) is 7.48. The van der Waals surface area contributed by atoms with E-state index >= 15 is 0 Å². The molecular formula is C18H21NO2. The standard InChI is InChI=1S/C12H9N.C6H12O2/c1-3-7-11-9(5-1)10-6-2-4-8-12(10)13-11;1-2-3-4-5-6(7)8/h1-8,13H;2-5H2,1H3,(H,7,8). The molecule has 3 rings (SSSR count). The van der Waals surface area contributed by atoms with Crippen LogP contribution in [0.1, 0.15) is 32.6 Å². The number of para-hydroxylation sites is 2. The van der Waals surface area contributed by atoms with Gasteiger partial charge in [0, 0.05) is 28.2 Å². The summed E-state index contributed by atoms with van der Waals surface area (Å²) in [5.41, 5.74) is 2.42. The van der Waals surface area contributed by atoms with E-state index in [1.807, 2.05) is 0 Å². The molecule has 3 heteroatoms. The molecule has 1 aromatic heterocycles. The molecule has 0 radical (unpaired) electrons. The summed E-state index contributed by atoms with van der Waals surface area (Å²) in [6, 6.07) is 16.8. The number of hydrogen-bond acceptors (Lipinski definition) is 1. The first kappa shape index (κ1) is 15.1. The number of aromatic nitrogens is 1. The van der Waals surface area contributed by atoms with Gasteiger partial charge in [-0.25, -0.2) is 0 Å². The molecule has 2 aromatic carbocycles. The van der Waals surface area contributed by atoms with Gasteiger partial charge in [0.15, 0.2) is 0 Å². The molecule has 0 saturated carbocycles. The van der Waals surface area contributed by atoms with E-state index in [4.69, 9.17) is 5.11 Å². The fraction of sp³-hybridized carbons (Fsp3) is 0.278. The second-order valence-corrected chi connectivity index (χ2v) is 5.07. The number of H-pyrrole nitrogens is 1. The largest absolute Gasteiger partial charge is 0.481 e. The molecule has 0 saturated heterocycles. The molecule has 0 aliphatic carbocycles. The number of aliphatic carboxylic acids is 1. The van der Waals surface area contributed by atoms with Gasteiger partial charge in [-0.1, -0.05) is 56.2 Å². The first-order valence-corrected chi connectivity index (χ1v) is 7.39. The molecule has 0 aliphatic rings. The number of aromatic amines is 1. The lowest BCUT2D eigenvalue weighted by Crippen LogP contribution is -1.92. The fourth-order valence-electron chi connectivity index (χ4n) is 2.33. The van der Waals surface area contributed by atoms with E-state index in [1.54, 1.807) is 0 Å². The van der Waals surface area contributed by atoms with Crippen molar-refractivity contribution >= 4 is 27.8 Å². The quantitative estimate of drug-likeness (QED) is 0.664. The first-order chi connectivity index (χ1) is 10.2. The van der Waals surface area contributed by atoms with Crippen molar-refractivity contribution in [1.82, 2.24) is 4.98 Å². The number of benzene rings is 2. The molecule has 3 aromatic rings. The third-order valence-electron chi connectivity index (χ3n) is 3.41. The van der Waals surface area contributed by atoms with Crippen LogP contribution in [0.4, 0.5) is 0 Å². The van der Waals surface area contributed by atoms with Crippen molar-refractivity contribution in [2.24, 2.45) is 0 Å². The summed E-state index contributed by atoms with van der Waals surface area (Å²) in [6.07, 6.45) is 3.28. The van der Waals surface area contributed by atoms with Crippen LogP contribution in [0.2, 0.25) is 0 Å². The highest BCUT2D eigenvalue weighted by Crippen LogP contribution is 2.24. The third-order valence-corrected chi connectivity index (χ3v) is 3.41. The maximum Gasteiger partial charge on any atom is 0.303 e. The minimum absolute atomic E-state index is 0.327. The molecule has 0 fully saturated rings. The minimum atomic E-state index is -0.682. The van der Waals surface area contributed by atoms with Crippen molar-refractivity contribution < 1.29 is 9.90 Å². The minimum Gasteiger partial charge on any atom is -0.481 e. The topological polar surface area (TPSA) is 53.1 Å². The van der Waals surface area contributed by atoms with Crippen LogP contribution in [0.5, 0.6) is 0 Å². The zero-order valence-corrected chi connectivity index (χ0v) is 12.3. The fourth-order valence-corrected chi connectivity index (χ4v) is 2.33. The number of hydrogen-bond donors (Lipinski definition) is 2. The molecule has 3 nitrogen and oxygen atoms in total. The van der Waals surface area contributed by atoms with Crippen LogP contribution in [-0.4, -0.2) is 16.1 Å². The van der Waals surface area contributed by atoms with Crippen molar-refractivity contribution in [3.8, 4) is 0 Å². The summed E-state index contributed by atoms with van der Waals surface area (Å²) < 4.78 is 0. The predicted octanol–water partition coefficient (Wildman–Crippen LogP) is 4.97. The molecule has 0 bridgehead atoms. The lowest BCUT2D eigenvalue weighted by atomic mass is 10.2. The Morgan fingerprint density at radius 2 is 1.48 bits per heavy atom. The Bertz CT molecular complexity index is 665. The Hall–Kier alpha value is -2.29. The van der Waals surface area contributed by atoms with Crippen molar-refractivity contribution in [3.05, 3.63) is 48.5 Å². The van der Waals surface area contributed by atoms with Gasteiger partial charge in [0.2, 0.25) is 0 Å². The van der Waals surface area contributed by atoms with Gasteiger partial charge in [0.25, 0.3) is 0 Å². The Balaban J connectivity index is 0.000000177. The number of fused-ring (bicyclic) bond motifs is 3. The van der Waals surface area contributed by atoms with Gasteiger partial charge in [-0.15, -0.1) is 0 Å². The van der Waals surface area contributed by atoms with Gasteiger partial charge in [-0.05, 0) is 18.6 Å². The van der Waals surface area contributed by atoms with Crippen molar-refractivity contribution in [1.29, 1.82) is 0 Å². The summed E-state index contributed by atoms with van der Waals surface area (Å²) in [7, 11) is 0. The highest BCUT2D eigenvalue weighted by atomic mass is 16.4. The van der Waals surface area contributed by atoms with Gasteiger partial charge >= 0.3 is 5.97 Å². The SMILES string of the molecule is CCCCCC(=O)O.c1ccc2c(c1)[nH]c1ccccc12. The van der Waals surface area contributed by atoms with Crippen LogP contribution in [0.3, 0.4) is 0 Å². The average Bonchev–Trinajstić information content (AvgIpc) is 2.86. The monoisotopic (exact) mass is 283 g/mol. The van der Waals surface area contributed by atoms with E-state index in [9.17, 15) is 4.79 Å². The zero-order valence-electron chi connectivity index (χ0n) is 12.3. The lowest BCUT2D eigenvalue weighted by Gasteiger charge is -1.89. The molecule has 0 atom stereocenters. The van der Waals surface area contributed by atoms with Gasteiger partial charge < -0.3 is 10.1 Å². The Labute approximate surface area is 124 Å². The smallest absolute Gasteiger partial charge is 0.303 e. The summed E-state index contributed by atoms with van der Waals surface area (Å²) in [4.78, 5) is 13.3. The maximum atomic E-state index is 9.87. The van der Waals surface area contributed by atoms with E-state index in [2.05, 4.69) is 60.4 Å². The molecule has 0 aliphatic heterocycles. The Morgan fingerprint density at radius 1 is 0.952 bits per heavy atom. The first-order valence-electron chi connectivity index (χ1n) is 7.39. The summed E-state index contributed by atoms with van der Waals surface area (Å²) in [6.45, 7) is 2.06. The van der Waals surface area contributed by atoms with E-state index in [1.165, 1.54) is 21.8 Å². The normalized spacial score (nSPS) is 10.3. The Kier molecular flexibility index (Phi) is 5.38. The maximum absolute atomic E-state index is 9.87. The molecule has 1 heterocycles. The van der Waals surface area contributed by atoms with E-state index in [-0.39, 0.29) is 0 Å². The highest BCUT2D eigenvalue weighted by molar-refractivity contribution is 6.06. The highest BCUT2D eigenvalue weighted by Gasteiger charge is 2.00. The predicted molar refractivity (Wildman–Crippen MR) is 87.6 cm³/mol. The summed E-state index contributed by atoms with van der Waals surface area (Å²) in [5.74, 6) is -0.682. The van der Waals surface area contributed by atoms with E-state index in [0.717, 1.165) is 19.3 Å². The Morgan fingerprint density at radius 3 is 1.95 bits per heavy atom. The molecule has 2 N–H and O–H groups in total. The van der Waals surface area contributed by atoms with Crippen molar-refractivity contribution in [2.45, 2.75) is 32.6 Å². The van der Waals surface area contributed by atoms with E-state index < -0.39 is 5.97 Å². The molecular weight excluding hydrogens is 262 g/mol. The lowest BCUT2D eigenvalue weighted by molar-refractivity contribution is -0.137. The third kappa shape index (κ3) is 4.09. The van der Waals surface area contributed by atoms with Crippen LogP contribution in [-0.2, 0) is 4.79 Å². The molecule has 0 amide bonds. The molecule has 0 spiro atoms. The molecule has 110 valence electrons. The average molecular weight is 283 g/mol. The van der Waals surface area contributed by atoms with Crippen LogP contribution < -0.4 is 0 Å². The van der Waals surface area contributed by atoms with Crippen LogP contribution in [0, 0.1) is 0 Å². The second-order valence-electron chi connectivity index (χ2n) is 5.07. The van der Waals surface area contributed by atoms with Crippen LogP contribution in [0.25, 0.3) is 21.8 Å². The van der Waals surface area contributed by atoms with Gasteiger partial charge in [0.1, 0.15) is 0 Å². The number of carbonyl (C=O) groups is 1. The summed E-state index contributed by atoms with van der Waals surface area (Å²) >= 11 is 0. The van der Waals surface area contributed by atoms with Crippen molar-refractivity contribution in [2.75, 3.05) is 0 Å². The van der Waals surface area contributed by atoms with Crippen LogP contribution in [0.15, 0.2) is 48.5 Å².